The molecule has 0 saturated heterocycles. The van der Waals surface area contributed by atoms with Crippen LogP contribution in [-0.2, 0) is 16.1 Å². The van der Waals surface area contributed by atoms with E-state index in [1.54, 1.807) is 36.7 Å². The van der Waals surface area contributed by atoms with Gasteiger partial charge in [0.1, 0.15) is 11.5 Å². The summed E-state index contributed by atoms with van der Waals surface area (Å²) in [5.41, 5.74) is 0.952. The lowest BCUT2D eigenvalue weighted by Gasteiger charge is -2.09. The fourth-order valence-corrected chi connectivity index (χ4v) is 2.38. The van der Waals surface area contributed by atoms with Crippen molar-refractivity contribution in [3.05, 3.63) is 65.7 Å². The number of aliphatic hydroxyl groups is 1. The van der Waals surface area contributed by atoms with Crippen LogP contribution in [0.3, 0.4) is 0 Å². The standard InChI is InChI=1S/C18H17N3O4/c1-21-11-15(16(22)18(21)24)17(23)20-9-12-4-6-13(7-5-12)25-14-3-2-8-19-10-14/h2-8,10,22H,9,11H2,1H3,(H,20,23). The molecule has 25 heavy (non-hydrogen) atoms. The van der Waals surface area contributed by atoms with Gasteiger partial charge in [-0.05, 0) is 29.8 Å². The fourth-order valence-electron chi connectivity index (χ4n) is 2.38. The van der Waals surface area contributed by atoms with Crippen LogP contribution in [0.4, 0.5) is 0 Å². The molecule has 0 saturated carbocycles. The number of hydrogen-bond acceptors (Lipinski definition) is 5. The molecule has 0 spiro atoms. The number of nitrogens with one attached hydrogen (secondary N) is 1. The molecule has 128 valence electrons. The van der Waals surface area contributed by atoms with Crippen molar-refractivity contribution < 1.29 is 19.4 Å². The SMILES string of the molecule is CN1CC(C(=O)NCc2ccc(Oc3cccnc3)cc2)=C(O)C1=O. The largest absolute Gasteiger partial charge is 0.503 e. The van der Waals surface area contributed by atoms with E-state index in [0.29, 0.717) is 11.5 Å². The van der Waals surface area contributed by atoms with Crippen molar-refractivity contribution in [2.45, 2.75) is 6.54 Å². The first-order chi connectivity index (χ1) is 12.0. The van der Waals surface area contributed by atoms with Crippen LogP contribution >= 0.6 is 0 Å². The van der Waals surface area contributed by atoms with Crippen molar-refractivity contribution in [3.63, 3.8) is 0 Å². The molecule has 0 aliphatic carbocycles. The number of amides is 2. The normalized spacial score (nSPS) is 14.0. The molecule has 1 aliphatic rings. The van der Waals surface area contributed by atoms with E-state index in [2.05, 4.69) is 10.3 Å². The zero-order valence-corrected chi connectivity index (χ0v) is 13.6. The number of aliphatic hydroxyl groups excluding tert-OH is 1. The van der Waals surface area contributed by atoms with E-state index < -0.39 is 17.6 Å². The first-order valence-electron chi connectivity index (χ1n) is 7.67. The van der Waals surface area contributed by atoms with Crippen LogP contribution in [-0.4, -0.2) is 40.4 Å². The van der Waals surface area contributed by atoms with Gasteiger partial charge in [-0.25, -0.2) is 0 Å². The van der Waals surface area contributed by atoms with E-state index in [9.17, 15) is 14.7 Å². The zero-order valence-electron chi connectivity index (χ0n) is 13.6. The van der Waals surface area contributed by atoms with Gasteiger partial charge in [0.05, 0.1) is 18.3 Å². The van der Waals surface area contributed by atoms with E-state index in [-0.39, 0.29) is 18.7 Å². The van der Waals surface area contributed by atoms with Crippen molar-refractivity contribution in [2.75, 3.05) is 13.6 Å². The maximum absolute atomic E-state index is 12.1. The number of hydrogen-bond donors (Lipinski definition) is 2. The van der Waals surface area contributed by atoms with Gasteiger partial charge in [-0.1, -0.05) is 12.1 Å². The highest BCUT2D eigenvalue weighted by atomic mass is 16.5. The molecule has 2 aromatic rings. The molecule has 0 atom stereocenters. The van der Waals surface area contributed by atoms with Gasteiger partial charge in [-0.15, -0.1) is 0 Å². The molecule has 7 heteroatoms. The van der Waals surface area contributed by atoms with Gasteiger partial charge in [0.15, 0.2) is 5.76 Å². The number of ether oxygens (including phenoxy) is 1. The van der Waals surface area contributed by atoms with Gasteiger partial charge in [-0.3, -0.25) is 14.6 Å². The molecular weight excluding hydrogens is 322 g/mol. The molecule has 1 aromatic carbocycles. The molecule has 2 heterocycles. The van der Waals surface area contributed by atoms with Crippen LogP contribution in [0.2, 0.25) is 0 Å². The number of aromatic nitrogens is 1. The van der Waals surface area contributed by atoms with Crippen LogP contribution in [0.25, 0.3) is 0 Å². The Bertz CT molecular complexity index is 816. The highest BCUT2D eigenvalue weighted by Crippen LogP contribution is 2.20. The fraction of sp³-hybridized carbons (Fsp3) is 0.167. The number of nitrogens with zero attached hydrogens (tertiary/aromatic N) is 2. The summed E-state index contributed by atoms with van der Waals surface area (Å²) in [5.74, 6) is -0.180. The van der Waals surface area contributed by atoms with E-state index >= 15 is 0 Å². The average Bonchev–Trinajstić information content (AvgIpc) is 2.89. The molecule has 0 bridgehead atoms. The molecule has 2 amide bonds. The lowest BCUT2D eigenvalue weighted by molar-refractivity contribution is -0.126. The molecule has 0 radical (unpaired) electrons. The Kier molecular flexibility index (Phi) is 4.65. The lowest BCUT2D eigenvalue weighted by atomic mass is 10.2. The minimum absolute atomic E-state index is 0.0871. The third kappa shape index (κ3) is 3.77. The monoisotopic (exact) mass is 339 g/mol. The summed E-state index contributed by atoms with van der Waals surface area (Å²) in [7, 11) is 1.53. The second-order valence-electron chi connectivity index (χ2n) is 5.61. The van der Waals surface area contributed by atoms with Crippen LogP contribution < -0.4 is 10.1 Å². The number of rotatable bonds is 5. The maximum Gasteiger partial charge on any atom is 0.289 e. The van der Waals surface area contributed by atoms with Crippen molar-refractivity contribution in [3.8, 4) is 11.5 Å². The summed E-state index contributed by atoms with van der Waals surface area (Å²) in [6.07, 6.45) is 3.29. The van der Waals surface area contributed by atoms with Crippen LogP contribution in [0.5, 0.6) is 11.5 Å². The Balaban J connectivity index is 1.57. The van der Waals surface area contributed by atoms with Gasteiger partial charge < -0.3 is 20.1 Å². The highest BCUT2D eigenvalue weighted by Gasteiger charge is 2.31. The van der Waals surface area contributed by atoms with Crippen molar-refractivity contribution >= 4 is 11.8 Å². The number of benzene rings is 1. The maximum atomic E-state index is 12.1. The Morgan fingerprint density at radius 3 is 2.64 bits per heavy atom. The van der Waals surface area contributed by atoms with Gasteiger partial charge >= 0.3 is 0 Å². The molecule has 3 rings (SSSR count). The van der Waals surface area contributed by atoms with Crippen molar-refractivity contribution in [2.24, 2.45) is 0 Å². The third-order valence-electron chi connectivity index (χ3n) is 3.75. The minimum atomic E-state index is -0.540. The van der Waals surface area contributed by atoms with Crippen LogP contribution in [0.1, 0.15) is 5.56 Å². The van der Waals surface area contributed by atoms with Crippen molar-refractivity contribution in [1.29, 1.82) is 0 Å². The van der Waals surface area contributed by atoms with Crippen LogP contribution in [0.15, 0.2) is 60.1 Å². The van der Waals surface area contributed by atoms with E-state index in [4.69, 9.17) is 4.74 Å². The van der Waals surface area contributed by atoms with E-state index in [1.807, 2.05) is 12.1 Å². The zero-order chi connectivity index (χ0) is 17.8. The molecule has 1 aliphatic heterocycles. The molecule has 7 nitrogen and oxygen atoms in total. The first-order valence-corrected chi connectivity index (χ1v) is 7.67. The molecule has 2 N–H and O–H groups in total. The smallest absolute Gasteiger partial charge is 0.289 e. The van der Waals surface area contributed by atoms with Gasteiger partial charge in [0.25, 0.3) is 11.8 Å². The number of pyridine rings is 1. The highest BCUT2D eigenvalue weighted by molar-refractivity contribution is 6.06. The van der Waals surface area contributed by atoms with Gasteiger partial charge in [0, 0.05) is 19.8 Å². The first kappa shape index (κ1) is 16.5. The summed E-state index contributed by atoms with van der Waals surface area (Å²) in [5, 5.41) is 12.4. The minimum Gasteiger partial charge on any atom is -0.503 e. The molecular formula is C18H17N3O4. The Morgan fingerprint density at radius 2 is 2.04 bits per heavy atom. The number of carbonyl (C=O) groups is 2. The second kappa shape index (κ2) is 7.04. The van der Waals surface area contributed by atoms with Gasteiger partial charge in [0.2, 0.25) is 0 Å². The topological polar surface area (TPSA) is 91.8 Å². The second-order valence-corrected chi connectivity index (χ2v) is 5.61. The Morgan fingerprint density at radius 1 is 1.28 bits per heavy atom. The predicted octanol–water partition coefficient (Wildman–Crippen LogP) is 1.77. The molecule has 0 unspecified atom stereocenters. The third-order valence-corrected chi connectivity index (χ3v) is 3.75. The quantitative estimate of drug-likeness (QED) is 0.866. The predicted molar refractivity (Wildman–Crippen MR) is 89.9 cm³/mol. The van der Waals surface area contributed by atoms with Crippen LogP contribution in [0, 0.1) is 0 Å². The van der Waals surface area contributed by atoms with E-state index in [0.717, 1.165) is 5.56 Å². The summed E-state index contributed by atoms with van der Waals surface area (Å²) >= 11 is 0. The van der Waals surface area contributed by atoms with Gasteiger partial charge in [-0.2, -0.15) is 0 Å². The average molecular weight is 339 g/mol. The number of carbonyl (C=O) groups excluding carboxylic acids is 2. The van der Waals surface area contributed by atoms with E-state index in [1.165, 1.54) is 11.9 Å². The summed E-state index contributed by atoms with van der Waals surface area (Å²) in [4.78, 5) is 28.9. The Hall–Kier alpha value is -3.35. The Labute approximate surface area is 144 Å². The summed E-state index contributed by atoms with van der Waals surface area (Å²) < 4.78 is 5.64. The summed E-state index contributed by atoms with van der Waals surface area (Å²) in [6, 6.07) is 10.8. The molecule has 1 aromatic heterocycles. The number of likely N-dealkylation sites (N-methyl/N-ethyl adjacent to an activating group) is 1. The van der Waals surface area contributed by atoms with Crippen molar-refractivity contribution in [1.82, 2.24) is 15.2 Å². The lowest BCUT2D eigenvalue weighted by Crippen LogP contribution is -2.27. The molecule has 0 fully saturated rings. The summed E-state index contributed by atoms with van der Waals surface area (Å²) in [6.45, 7) is 0.384.